The number of para-hydroxylation sites is 1. The third-order valence-corrected chi connectivity index (χ3v) is 5.86. The Balaban J connectivity index is 1.76. The van der Waals surface area contributed by atoms with Crippen LogP contribution in [0.25, 0.3) is 0 Å². The summed E-state index contributed by atoms with van der Waals surface area (Å²) in [6.45, 7) is 0. The van der Waals surface area contributed by atoms with Crippen LogP contribution >= 0.6 is 0 Å². The Labute approximate surface area is 139 Å². The van der Waals surface area contributed by atoms with Gasteiger partial charge in [-0.3, -0.25) is 14.6 Å². The van der Waals surface area contributed by atoms with Crippen molar-refractivity contribution in [3.63, 3.8) is 0 Å². The van der Waals surface area contributed by atoms with Gasteiger partial charge in [0.25, 0.3) is 5.91 Å². The molecule has 8 nitrogen and oxygen atoms in total. The minimum absolute atomic E-state index is 0.0618. The Kier molecular flexibility index (Phi) is 4.27. The molecule has 1 aromatic carbocycles. The van der Waals surface area contributed by atoms with Crippen molar-refractivity contribution in [2.24, 2.45) is 10.8 Å². The number of nitrogens with two attached hydrogens (primary N) is 1. The number of hydrogen-bond acceptors (Lipinski definition) is 6. The number of benzene rings is 1. The van der Waals surface area contributed by atoms with Gasteiger partial charge < -0.3 is 11.1 Å². The van der Waals surface area contributed by atoms with Crippen molar-refractivity contribution in [3.8, 4) is 0 Å². The van der Waals surface area contributed by atoms with Crippen LogP contribution in [0, 0.1) is 0 Å². The predicted octanol–water partition coefficient (Wildman–Crippen LogP) is -0.590. The monoisotopic (exact) mass is 350 g/mol. The molecule has 2 atom stereocenters. The number of sulfone groups is 1. The smallest absolute Gasteiger partial charge is 0.267 e. The van der Waals surface area contributed by atoms with Crippen LogP contribution in [0.2, 0.25) is 0 Å². The molecule has 1 saturated heterocycles. The zero-order chi connectivity index (χ0) is 17.3. The number of amides is 2. The number of anilines is 1. The number of carbonyl (C=O) groups excluding carboxylic acids is 2. The van der Waals surface area contributed by atoms with E-state index in [1.807, 2.05) is 6.07 Å². The molecule has 2 amide bonds. The lowest BCUT2D eigenvalue weighted by atomic mass is 10.1. The fourth-order valence-electron chi connectivity index (χ4n) is 2.87. The number of hydrazone groups is 1. The van der Waals surface area contributed by atoms with E-state index in [1.165, 1.54) is 5.01 Å². The van der Waals surface area contributed by atoms with E-state index in [0.29, 0.717) is 12.1 Å². The van der Waals surface area contributed by atoms with Gasteiger partial charge in [-0.2, -0.15) is 5.10 Å². The first-order valence-corrected chi connectivity index (χ1v) is 9.40. The summed E-state index contributed by atoms with van der Waals surface area (Å²) in [5, 5.41) is 8.34. The lowest BCUT2D eigenvalue weighted by Gasteiger charge is -2.20. The van der Waals surface area contributed by atoms with E-state index < -0.39 is 33.7 Å². The van der Waals surface area contributed by atoms with Crippen molar-refractivity contribution in [2.45, 2.75) is 24.9 Å². The molecule has 1 aromatic rings. The average molecular weight is 350 g/mol. The first-order chi connectivity index (χ1) is 11.4. The van der Waals surface area contributed by atoms with E-state index in [-0.39, 0.29) is 23.6 Å². The van der Waals surface area contributed by atoms with Gasteiger partial charge in [-0.25, -0.2) is 8.42 Å². The molecule has 0 unspecified atom stereocenters. The fourth-order valence-corrected chi connectivity index (χ4v) is 4.54. The van der Waals surface area contributed by atoms with Crippen LogP contribution in [-0.2, 0) is 19.4 Å². The molecular formula is C15H18N4O4S. The molecule has 9 heteroatoms. The molecule has 0 aromatic heterocycles. The van der Waals surface area contributed by atoms with E-state index in [0.717, 1.165) is 0 Å². The highest BCUT2D eigenvalue weighted by molar-refractivity contribution is 7.91. The lowest BCUT2D eigenvalue weighted by Crippen LogP contribution is -2.41. The Hall–Kier alpha value is -2.42. The van der Waals surface area contributed by atoms with Gasteiger partial charge >= 0.3 is 0 Å². The summed E-state index contributed by atoms with van der Waals surface area (Å²) < 4.78 is 22.9. The number of carbonyl (C=O) groups is 2. The standard InChI is InChI=1S/C15H18N4O4S/c16-14(20)13-8-12(18-19(13)11-4-2-1-3-5-11)15(21)17-10-6-7-24(22,23)9-10/h1-5,10,13H,6-9H2,(H2,16,20)(H,17,21)/t10-,13-/m0/s1. The van der Waals surface area contributed by atoms with E-state index in [9.17, 15) is 18.0 Å². The summed E-state index contributed by atoms with van der Waals surface area (Å²) in [7, 11) is -3.08. The number of primary amides is 1. The molecule has 0 radical (unpaired) electrons. The second-order valence-electron chi connectivity index (χ2n) is 5.92. The first kappa shape index (κ1) is 16.4. The molecule has 24 heavy (non-hydrogen) atoms. The molecule has 0 spiro atoms. The van der Waals surface area contributed by atoms with Gasteiger partial charge in [0, 0.05) is 12.5 Å². The highest BCUT2D eigenvalue weighted by Gasteiger charge is 2.36. The maximum atomic E-state index is 12.3. The third kappa shape index (κ3) is 3.40. The van der Waals surface area contributed by atoms with Crippen molar-refractivity contribution in [2.75, 3.05) is 16.5 Å². The number of rotatable bonds is 4. The maximum Gasteiger partial charge on any atom is 0.267 e. The van der Waals surface area contributed by atoms with Gasteiger partial charge in [0.05, 0.1) is 17.2 Å². The molecule has 0 aliphatic carbocycles. The van der Waals surface area contributed by atoms with Gasteiger partial charge in [0.2, 0.25) is 5.91 Å². The normalized spacial score (nSPS) is 25.3. The first-order valence-electron chi connectivity index (χ1n) is 7.58. The average Bonchev–Trinajstić information content (AvgIpc) is 3.12. The molecule has 3 N–H and O–H groups in total. The minimum atomic E-state index is -3.08. The van der Waals surface area contributed by atoms with Crippen molar-refractivity contribution < 1.29 is 18.0 Å². The zero-order valence-electron chi connectivity index (χ0n) is 12.9. The molecule has 2 heterocycles. The van der Waals surface area contributed by atoms with E-state index in [1.54, 1.807) is 24.3 Å². The molecule has 0 saturated carbocycles. The summed E-state index contributed by atoms with van der Waals surface area (Å²) in [6, 6.07) is 7.81. The second-order valence-corrected chi connectivity index (χ2v) is 8.15. The summed E-state index contributed by atoms with van der Waals surface area (Å²) in [5.41, 5.74) is 6.25. The van der Waals surface area contributed by atoms with Crippen LogP contribution in [0.3, 0.4) is 0 Å². The second kappa shape index (κ2) is 6.23. The fraction of sp³-hybridized carbons (Fsp3) is 0.400. The van der Waals surface area contributed by atoms with Crippen LogP contribution in [0.1, 0.15) is 12.8 Å². The topological polar surface area (TPSA) is 122 Å². The predicted molar refractivity (Wildman–Crippen MR) is 89.2 cm³/mol. The summed E-state index contributed by atoms with van der Waals surface area (Å²) >= 11 is 0. The largest absolute Gasteiger partial charge is 0.368 e. The molecular weight excluding hydrogens is 332 g/mol. The van der Waals surface area contributed by atoms with Crippen molar-refractivity contribution in [1.29, 1.82) is 0 Å². The van der Waals surface area contributed by atoms with Gasteiger partial charge in [0.15, 0.2) is 9.84 Å². The minimum Gasteiger partial charge on any atom is -0.368 e. The van der Waals surface area contributed by atoms with Crippen LogP contribution < -0.4 is 16.1 Å². The third-order valence-electron chi connectivity index (χ3n) is 4.09. The highest BCUT2D eigenvalue weighted by Crippen LogP contribution is 2.24. The summed E-state index contributed by atoms with van der Waals surface area (Å²) in [6.07, 6.45) is 0.485. The SMILES string of the molecule is NC(=O)[C@@H]1CC(C(=O)N[C@H]2CCS(=O)(=O)C2)=NN1c1ccccc1. The molecule has 3 rings (SSSR count). The van der Waals surface area contributed by atoms with E-state index in [4.69, 9.17) is 5.73 Å². The zero-order valence-corrected chi connectivity index (χ0v) is 13.7. The maximum absolute atomic E-state index is 12.3. The molecule has 0 bridgehead atoms. The van der Waals surface area contributed by atoms with Gasteiger partial charge in [0.1, 0.15) is 11.8 Å². The van der Waals surface area contributed by atoms with E-state index >= 15 is 0 Å². The van der Waals surface area contributed by atoms with Gasteiger partial charge in [-0.15, -0.1) is 0 Å². The summed E-state index contributed by atoms with van der Waals surface area (Å²) in [4.78, 5) is 24.0. The van der Waals surface area contributed by atoms with Gasteiger partial charge in [-0.1, -0.05) is 18.2 Å². The van der Waals surface area contributed by atoms with Crippen LogP contribution in [-0.4, -0.2) is 49.5 Å². The summed E-state index contributed by atoms with van der Waals surface area (Å²) in [5.74, 6) is -1.02. The Morgan fingerprint density at radius 1 is 1.25 bits per heavy atom. The van der Waals surface area contributed by atoms with Gasteiger partial charge in [-0.05, 0) is 18.6 Å². The van der Waals surface area contributed by atoms with Crippen LogP contribution in [0.15, 0.2) is 35.4 Å². The lowest BCUT2D eigenvalue weighted by molar-refractivity contribution is -0.119. The number of hydrogen-bond donors (Lipinski definition) is 2. The molecule has 128 valence electrons. The van der Waals surface area contributed by atoms with Crippen molar-refractivity contribution in [1.82, 2.24) is 5.32 Å². The van der Waals surface area contributed by atoms with Crippen LogP contribution in [0.5, 0.6) is 0 Å². The molecule has 2 aliphatic rings. The van der Waals surface area contributed by atoms with E-state index in [2.05, 4.69) is 10.4 Å². The Morgan fingerprint density at radius 2 is 1.96 bits per heavy atom. The van der Waals surface area contributed by atoms with Crippen molar-refractivity contribution in [3.05, 3.63) is 30.3 Å². The molecule has 2 aliphatic heterocycles. The van der Waals surface area contributed by atoms with Crippen molar-refractivity contribution >= 4 is 33.1 Å². The Bertz CT molecular complexity index is 791. The quantitative estimate of drug-likeness (QED) is 0.751. The van der Waals surface area contributed by atoms with Crippen LogP contribution in [0.4, 0.5) is 5.69 Å². The Morgan fingerprint density at radius 3 is 2.54 bits per heavy atom. The number of nitrogens with zero attached hydrogens (tertiary/aromatic N) is 2. The molecule has 1 fully saturated rings. The number of nitrogens with one attached hydrogen (secondary N) is 1. The highest BCUT2D eigenvalue weighted by atomic mass is 32.2.